The van der Waals surface area contributed by atoms with E-state index in [4.69, 9.17) is 23.7 Å². The van der Waals surface area contributed by atoms with Crippen LogP contribution in [-0.2, 0) is 42.9 Å². The van der Waals surface area contributed by atoms with Gasteiger partial charge in [0.2, 0.25) is 5.79 Å². The lowest BCUT2D eigenvalue weighted by Crippen LogP contribution is -2.59. The van der Waals surface area contributed by atoms with E-state index in [0.717, 1.165) is 44.5 Å². The van der Waals surface area contributed by atoms with Crippen LogP contribution < -0.4 is 0 Å². The fourth-order valence-corrected chi connectivity index (χ4v) is 8.35. The Bertz CT molecular complexity index is 1400. The zero-order valence-corrected chi connectivity index (χ0v) is 25.1. The molecule has 0 spiro atoms. The van der Waals surface area contributed by atoms with Crippen LogP contribution in [0, 0.1) is 17.5 Å². The molecule has 2 aliphatic heterocycles. The molecule has 1 aromatic carbocycles. The predicted molar refractivity (Wildman–Crippen MR) is 145 cm³/mol. The van der Waals surface area contributed by atoms with E-state index in [1.165, 1.54) is 6.20 Å². The monoisotopic (exact) mass is 647 g/mol. The Morgan fingerprint density at radius 1 is 1.02 bits per heavy atom. The maximum absolute atomic E-state index is 14.0. The molecule has 44 heavy (non-hydrogen) atoms. The van der Waals surface area contributed by atoms with Crippen LogP contribution in [0.3, 0.4) is 0 Å². The van der Waals surface area contributed by atoms with E-state index < -0.39 is 94.4 Å². The number of carbonyl (C=O) groups is 4. The van der Waals surface area contributed by atoms with Gasteiger partial charge in [-0.15, -0.1) is 5.10 Å². The lowest BCUT2D eigenvalue weighted by atomic mass is 9.96. The van der Waals surface area contributed by atoms with Gasteiger partial charge in [-0.05, 0) is 24.3 Å². The number of hydrogen-bond acceptors (Lipinski definition) is 12. The maximum atomic E-state index is 14.0. The third-order valence-corrected chi connectivity index (χ3v) is 9.87. The molecule has 0 saturated carbocycles. The fourth-order valence-electron chi connectivity index (χ4n) is 5.35. The van der Waals surface area contributed by atoms with Gasteiger partial charge >= 0.3 is 23.9 Å². The molecule has 4 rings (SSSR count). The zero-order valence-electron chi connectivity index (χ0n) is 24.2. The molecular formula is C27H32F3N3O10S. The molecule has 0 radical (unpaired) electrons. The van der Waals surface area contributed by atoms with Crippen LogP contribution in [-0.4, -0.2) is 91.6 Å². The van der Waals surface area contributed by atoms with Crippen molar-refractivity contribution in [1.82, 2.24) is 15.0 Å². The van der Waals surface area contributed by atoms with Crippen LogP contribution in [0.1, 0.15) is 46.6 Å². The number of aliphatic hydroxyl groups is 1. The molecule has 0 aliphatic carbocycles. The van der Waals surface area contributed by atoms with Gasteiger partial charge in [-0.2, -0.15) is 0 Å². The number of benzene rings is 1. The summed E-state index contributed by atoms with van der Waals surface area (Å²) in [5, 5.41) is 19.1. The number of carbonyl (C=O) groups excluding carboxylic acids is 4. The average Bonchev–Trinajstić information content (AvgIpc) is 3.39. The summed E-state index contributed by atoms with van der Waals surface area (Å²) in [5.41, 5.74) is -1.26. The van der Waals surface area contributed by atoms with E-state index in [9.17, 15) is 37.5 Å². The second kappa shape index (κ2) is 13.5. The molecule has 2 aliphatic rings. The van der Waals surface area contributed by atoms with Crippen molar-refractivity contribution < 1.29 is 61.1 Å². The summed E-state index contributed by atoms with van der Waals surface area (Å²) in [5.74, 6) is -8.85. The Labute approximate surface area is 252 Å². The van der Waals surface area contributed by atoms with Crippen molar-refractivity contribution in [3.63, 3.8) is 0 Å². The first-order valence-corrected chi connectivity index (χ1v) is 15.3. The second-order valence-corrected chi connectivity index (χ2v) is 12.9. The van der Waals surface area contributed by atoms with Crippen molar-refractivity contribution in [3.05, 3.63) is 35.8 Å². The zero-order chi connectivity index (χ0) is 32.3. The van der Waals surface area contributed by atoms with E-state index >= 15 is 0 Å². The smallest absolute Gasteiger partial charge is 0.305 e. The highest BCUT2D eigenvalue weighted by Gasteiger charge is 2.54. The summed E-state index contributed by atoms with van der Waals surface area (Å²) < 4.78 is 70.8. The van der Waals surface area contributed by atoms with E-state index in [2.05, 4.69) is 10.3 Å². The van der Waals surface area contributed by atoms with E-state index in [-0.39, 0.29) is 23.4 Å². The van der Waals surface area contributed by atoms with Gasteiger partial charge in [0.05, 0.1) is 6.20 Å². The number of halogens is 3. The Balaban J connectivity index is 1.82. The first-order chi connectivity index (χ1) is 20.7. The molecule has 1 N–H and O–H groups in total. The first kappa shape index (κ1) is 33.2. The highest BCUT2D eigenvalue weighted by Crippen LogP contribution is 2.50. The van der Waals surface area contributed by atoms with Gasteiger partial charge in [0, 0.05) is 45.4 Å². The van der Waals surface area contributed by atoms with E-state index in [0.29, 0.717) is 12.2 Å². The van der Waals surface area contributed by atoms with Crippen LogP contribution in [0.5, 0.6) is 0 Å². The molecule has 242 valence electrons. The van der Waals surface area contributed by atoms with E-state index in [1.54, 1.807) is 0 Å². The number of rotatable bonds is 8. The minimum Gasteiger partial charge on any atom is -0.463 e. The molecule has 2 aromatic rings. The minimum atomic E-state index is -1.81. The predicted octanol–water partition coefficient (Wildman–Crippen LogP) is 2.10. The molecule has 1 aromatic heterocycles. The van der Waals surface area contributed by atoms with Crippen molar-refractivity contribution in [1.29, 1.82) is 0 Å². The standard InChI is InChI=1S/C27H32F3N3O10S/c1-13(34)39-11-21-24(40-14(2)35)23(33-10-20(31-32-33)17-8-18(28)22(30)19(29)9-17)25(41-15(3)36)26(42-21)44-7-5-6-27(38,12-44)43-16(4)37/h8-10,21,23-26,38,44H,5-7,11-12H2,1-4H3/t21-,23+,24+,25-,26+,27?/m1/s1. The summed E-state index contributed by atoms with van der Waals surface area (Å²) in [6.45, 7) is 4.17. The summed E-state index contributed by atoms with van der Waals surface area (Å²) in [4.78, 5) is 48.1. The number of nitrogens with zero attached hydrogens (tertiary/aromatic N) is 3. The Morgan fingerprint density at radius 2 is 1.66 bits per heavy atom. The largest absolute Gasteiger partial charge is 0.463 e. The van der Waals surface area contributed by atoms with Crippen molar-refractivity contribution in [3.8, 4) is 11.3 Å². The minimum absolute atomic E-state index is 0.0493. The Morgan fingerprint density at radius 3 is 2.25 bits per heavy atom. The topological polar surface area (TPSA) is 165 Å². The molecule has 3 heterocycles. The summed E-state index contributed by atoms with van der Waals surface area (Å²) >= 11 is 0. The van der Waals surface area contributed by atoms with Gasteiger partial charge in [-0.3, -0.25) is 19.2 Å². The van der Waals surface area contributed by atoms with Crippen LogP contribution in [0.25, 0.3) is 11.3 Å². The normalized spacial score (nSPS) is 29.4. The fraction of sp³-hybridized carbons (Fsp3) is 0.556. The molecule has 13 nitrogen and oxygen atoms in total. The van der Waals surface area contributed by atoms with Crippen LogP contribution in [0.2, 0.25) is 0 Å². The number of hydrogen-bond donors (Lipinski definition) is 2. The van der Waals surface area contributed by atoms with Gasteiger partial charge in [0.1, 0.15) is 29.9 Å². The lowest BCUT2D eigenvalue weighted by Gasteiger charge is -2.50. The molecule has 2 fully saturated rings. The number of aromatic nitrogens is 3. The Hall–Kier alpha value is -3.70. The molecule has 17 heteroatoms. The second-order valence-electron chi connectivity index (χ2n) is 10.5. The number of esters is 4. The van der Waals surface area contributed by atoms with Gasteiger partial charge in [0.25, 0.3) is 0 Å². The third-order valence-electron chi connectivity index (χ3n) is 6.94. The summed E-state index contributed by atoms with van der Waals surface area (Å²) in [6.07, 6.45) is -1.90. The average molecular weight is 648 g/mol. The van der Waals surface area contributed by atoms with Crippen LogP contribution in [0.15, 0.2) is 18.3 Å². The quantitative estimate of drug-likeness (QED) is 0.141. The molecule has 2 saturated heterocycles. The number of ether oxygens (including phenoxy) is 5. The highest BCUT2D eigenvalue weighted by molar-refractivity contribution is 8.17. The molecular weight excluding hydrogens is 615 g/mol. The van der Waals surface area contributed by atoms with Crippen molar-refractivity contribution in [2.24, 2.45) is 0 Å². The summed E-state index contributed by atoms with van der Waals surface area (Å²) in [6, 6.07) is 0.235. The number of thiol groups is 1. The molecule has 0 bridgehead atoms. The maximum Gasteiger partial charge on any atom is 0.305 e. The lowest BCUT2D eigenvalue weighted by molar-refractivity contribution is -0.213. The van der Waals surface area contributed by atoms with Gasteiger partial charge in [-0.1, -0.05) is 5.21 Å². The molecule has 7 atom stereocenters. The first-order valence-electron chi connectivity index (χ1n) is 13.5. The molecule has 2 unspecified atom stereocenters. The third kappa shape index (κ3) is 7.68. The van der Waals surface area contributed by atoms with Crippen molar-refractivity contribution in [2.75, 3.05) is 18.1 Å². The highest BCUT2D eigenvalue weighted by atomic mass is 32.2. The van der Waals surface area contributed by atoms with E-state index in [1.807, 2.05) is 0 Å². The van der Waals surface area contributed by atoms with Gasteiger partial charge in [0.15, 0.2) is 29.7 Å². The van der Waals surface area contributed by atoms with Gasteiger partial charge < -0.3 is 28.8 Å². The summed E-state index contributed by atoms with van der Waals surface area (Å²) in [7, 11) is -1.45. The van der Waals surface area contributed by atoms with Crippen molar-refractivity contribution in [2.45, 2.75) is 76.1 Å². The van der Waals surface area contributed by atoms with Crippen LogP contribution >= 0.6 is 10.9 Å². The SMILES string of the molecule is CC(=O)OC[C@H]1O[C@@H]([SH]2CCCC(O)(OC(C)=O)C2)[C@H](OC(C)=O)[C@@H](n2cc(-c3cc(F)c(F)c(F)c3)nn2)[C@H]1OC(C)=O. The Kier molecular flexibility index (Phi) is 10.2. The van der Waals surface area contributed by atoms with Crippen molar-refractivity contribution >= 4 is 34.8 Å². The van der Waals surface area contributed by atoms with Gasteiger partial charge in [-0.25, -0.2) is 28.7 Å². The van der Waals surface area contributed by atoms with Crippen LogP contribution in [0.4, 0.5) is 13.2 Å². The molecule has 0 amide bonds.